The van der Waals surface area contributed by atoms with E-state index in [2.05, 4.69) is 21.8 Å². The summed E-state index contributed by atoms with van der Waals surface area (Å²) in [5.74, 6) is -0.242. The Morgan fingerprint density at radius 3 is 2.30 bits per heavy atom. The maximum atomic E-state index is 12.3. The molecular weight excluding hydrogens is 318 g/mol. The second-order valence-electron chi connectivity index (χ2n) is 5.09. The summed E-state index contributed by atoms with van der Waals surface area (Å²) in [5.41, 5.74) is 2.07. The molecule has 122 valence electrons. The lowest BCUT2D eigenvalue weighted by atomic mass is 10.3. The number of hydrogen-bond acceptors (Lipinski definition) is 5. The molecule has 1 amide bonds. The molecule has 0 aliphatic carbocycles. The van der Waals surface area contributed by atoms with E-state index in [1.807, 2.05) is 0 Å². The number of amides is 1. The highest BCUT2D eigenvalue weighted by molar-refractivity contribution is 7.92. The van der Waals surface area contributed by atoms with E-state index in [0.29, 0.717) is 22.5 Å². The van der Waals surface area contributed by atoms with Crippen LogP contribution in [-0.2, 0) is 14.8 Å². The molecule has 0 bridgehead atoms. The van der Waals surface area contributed by atoms with Gasteiger partial charge in [0.25, 0.3) is 15.9 Å². The van der Waals surface area contributed by atoms with Crippen molar-refractivity contribution in [1.29, 1.82) is 0 Å². The molecular formula is C15H17N3O4S. The molecule has 0 saturated carbocycles. The summed E-state index contributed by atoms with van der Waals surface area (Å²) in [7, 11) is -3.80. The van der Waals surface area contributed by atoms with Crippen molar-refractivity contribution >= 4 is 27.5 Å². The molecule has 0 spiro atoms. The lowest BCUT2D eigenvalue weighted by Gasteiger charge is -2.08. The summed E-state index contributed by atoms with van der Waals surface area (Å²) in [5, 5.41) is 6.30. The van der Waals surface area contributed by atoms with Crippen molar-refractivity contribution in [1.82, 2.24) is 5.16 Å². The minimum atomic E-state index is -3.80. The number of hydrogen-bond donors (Lipinski definition) is 2. The van der Waals surface area contributed by atoms with Gasteiger partial charge >= 0.3 is 0 Å². The van der Waals surface area contributed by atoms with Crippen LogP contribution in [0.25, 0.3) is 0 Å². The average molecular weight is 335 g/mol. The van der Waals surface area contributed by atoms with Crippen LogP contribution in [0.5, 0.6) is 0 Å². The van der Waals surface area contributed by atoms with E-state index in [9.17, 15) is 13.2 Å². The molecule has 0 unspecified atom stereocenters. The summed E-state index contributed by atoms with van der Waals surface area (Å²) in [6.07, 6.45) is 0. The predicted octanol–water partition coefficient (Wildman–Crippen LogP) is 2.61. The van der Waals surface area contributed by atoms with Gasteiger partial charge in [-0.3, -0.25) is 4.79 Å². The fraction of sp³-hybridized carbons (Fsp3) is 0.200. The number of anilines is 2. The Morgan fingerprint density at radius 2 is 1.83 bits per heavy atom. The van der Waals surface area contributed by atoms with E-state index >= 15 is 0 Å². The Morgan fingerprint density at radius 1 is 1.22 bits per heavy atom. The van der Waals surface area contributed by atoms with Crippen molar-refractivity contribution in [3.63, 3.8) is 0 Å². The van der Waals surface area contributed by atoms with Crippen molar-refractivity contribution in [2.24, 2.45) is 0 Å². The van der Waals surface area contributed by atoms with Gasteiger partial charge in [0.05, 0.1) is 10.6 Å². The average Bonchev–Trinajstić information content (AvgIpc) is 2.79. The number of nitrogens with one attached hydrogen (secondary N) is 2. The van der Waals surface area contributed by atoms with Crippen LogP contribution in [0, 0.1) is 13.8 Å². The lowest BCUT2D eigenvalue weighted by molar-refractivity contribution is -0.112. The molecule has 0 aliphatic heterocycles. The number of benzene rings is 1. The molecule has 0 aliphatic rings. The van der Waals surface area contributed by atoms with Gasteiger partial charge in [0.2, 0.25) is 5.88 Å². The van der Waals surface area contributed by atoms with Crippen LogP contribution in [0.4, 0.5) is 11.6 Å². The number of carbonyl (C=O) groups excluding carboxylic acids is 1. The van der Waals surface area contributed by atoms with Gasteiger partial charge in [-0.05, 0) is 45.0 Å². The first kappa shape index (κ1) is 16.8. The molecule has 2 N–H and O–H groups in total. The molecule has 2 aromatic rings. The number of sulfonamides is 1. The summed E-state index contributed by atoms with van der Waals surface area (Å²) >= 11 is 0. The molecule has 8 heteroatoms. The van der Waals surface area contributed by atoms with Gasteiger partial charge in [0, 0.05) is 16.8 Å². The van der Waals surface area contributed by atoms with Crippen LogP contribution in [0.2, 0.25) is 0 Å². The Labute approximate surface area is 134 Å². The predicted molar refractivity (Wildman–Crippen MR) is 86.7 cm³/mol. The number of nitrogens with zero attached hydrogens (tertiary/aromatic N) is 1. The molecule has 1 aromatic carbocycles. The Balaban J connectivity index is 2.19. The van der Waals surface area contributed by atoms with E-state index in [0.717, 1.165) is 0 Å². The van der Waals surface area contributed by atoms with Crippen LogP contribution in [0.1, 0.15) is 18.2 Å². The molecule has 0 fully saturated rings. The largest absolute Gasteiger partial charge is 0.337 e. The van der Waals surface area contributed by atoms with Crippen LogP contribution in [0.15, 0.2) is 45.8 Å². The summed E-state index contributed by atoms with van der Waals surface area (Å²) < 4.78 is 31.9. The van der Waals surface area contributed by atoms with E-state index in [4.69, 9.17) is 4.52 Å². The fourth-order valence-corrected chi connectivity index (χ4v) is 2.69. The molecule has 0 saturated heterocycles. The van der Waals surface area contributed by atoms with Crippen LogP contribution < -0.4 is 10.0 Å². The van der Waals surface area contributed by atoms with Gasteiger partial charge in [0.1, 0.15) is 0 Å². The Kier molecular flexibility index (Phi) is 4.55. The zero-order chi connectivity index (χ0) is 17.2. The lowest BCUT2D eigenvalue weighted by Crippen LogP contribution is -2.14. The minimum absolute atomic E-state index is 0.0410. The van der Waals surface area contributed by atoms with E-state index in [-0.39, 0.29) is 16.7 Å². The minimum Gasteiger partial charge on any atom is -0.337 e. The second-order valence-corrected chi connectivity index (χ2v) is 6.77. The van der Waals surface area contributed by atoms with Crippen LogP contribution >= 0.6 is 0 Å². The molecule has 2 rings (SSSR count). The van der Waals surface area contributed by atoms with Gasteiger partial charge in [-0.15, -0.1) is 0 Å². The van der Waals surface area contributed by atoms with Crippen molar-refractivity contribution < 1.29 is 17.7 Å². The molecule has 0 radical (unpaired) electrons. The number of aryl methyl sites for hydroxylation is 1. The Hall–Kier alpha value is -2.61. The molecule has 23 heavy (non-hydrogen) atoms. The zero-order valence-electron chi connectivity index (χ0n) is 13.0. The quantitative estimate of drug-likeness (QED) is 0.818. The van der Waals surface area contributed by atoms with Crippen molar-refractivity contribution in [3.8, 4) is 0 Å². The number of aromatic nitrogens is 1. The smallest absolute Gasteiger partial charge is 0.264 e. The molecule has 0 atom stereocenters. The van der Waals surface area contributed by atoms with Gasteiger partial charge < -0.3 is 9.84 Å². The molecule has 1 aromatic heterocycles. The van der Waals surface area contributed by atoms with Gasteiger partial charge in [-0.25, -0.2) is 13.1 Å². The monoisotopic (exact) mass is 335 g/mol. The summed E-state index contributed by atoms with van der Waals surface area (Å²) in [4.78, 5) is 11.6. The number of rotatable bonds is 5. The third-order valence-corrected chi connectivity index (χ3v) is 4.54. The highest BCUT2D eigenvalue weighted by Crippen LogP contribution is 2.22. The number of carbonyl (C=O) groups is 1. The first-order valence-electron chi connectivity index (χ1n) is 6.73. The van der Waals surface area contributed by atoms with Crippen molar-refractivity contribution in [2.45, 2.75) is 25.7 Å². The third kappa shape index (κ3) is 3.78. The maximum absolute atomic E-state index is 12.3. The maximum Gasteiger partial charge on any atom is 0.264 e. The Bertz CT molecular complexity index is 851. The standard InChI is InChI=1S/C15H17N3O4S/c1-9(2)14(19)16-12-5-7-13(8-6-12)23(20,21)18-15-10(3)11(4)17-22-15/h5-8,18H,1H2,2-4H3,(H,16,19). The first-order valence-corrected chi connectivity index (χ1v) is 8.21. The molecule has 7 nitrogen and oxygen atoms in total. The SMILES string of the molecule is C=C(C)C(=O)Nc1ccc(S(=O)(=O)Nc2onc(C)c2C)cc1. The van der Waals surface area contributed by atoms with Gasteiger partial charge in [-0.1, -0.05) is 11.7 Å². The molecule has 1 heterocycles. The third-order valence-electron chi connectivity index (χ3n) is 3.19. The zero-order valence-corrected chi connectivity index (χ0v) is 13.8. The van der Waals surface area contributed by atoms with E-state index in [1.54, 1.807) is 20.8 Å². The fourth-order valence-electron chi connectivity index (χ4n) is 1.65. The normalized spacial score (nSPS) is 11.1. The van der Waals surface area contributed by atoms with Crippen molar-refractivity contribution in [2.75, 3.05) is 10.0 Å². The van der Waals surface area contributed by atoms with Gasteiger partial charge in [0.15, 0.2) is 0 Å². The van der Waals surface area contributed by atoms with E-state index in [1.165, 1.54) is 24.3 Å². The van der Waals surface area contributed by atoms with Crippen LogP contribution in [0.3, 0.4) is 0 Å². The second kappa shape index (κ2) is 6.25. The summed E-state index contributed by atoms with van der Waals surface area (Å²) in [6.45, 7) is 8.54. The van der Waals surface area contributed by atoms with E-state index < -0.39 is 10.0 Å². The van der Waals surface area contributed by atoms with Crippen LogP contribution in [-0.4, -0.2) is 19.5 Å². The first-order chi connectivity index (χ1) is 10.7. The van der Waals surface area contributed by atoms with Crippen molar-refractivity contribution in [3.05, 3.63) is 47.7 Å². The highest BCUT2D eigenvalue weighted by atomic mass is 32.2. The topological polar surface area (TPSA) is 101 Å². The summed E-state index contributed by atoms with van der Waals surface area (Å²) in [6, 6.07) is 5.76. The van der Waals surface area contributed by atoms with Gasteiger partial charge in [-0.2, -0.15) is 0 Å². The highest BCUT2D eigenvalue weighted by Gasteiger charge is 2.19.